The second kappa shape index (κ2) is 5.35. The molecule has 5 heteroatoms. The number of amides is 1. The fraction of sp³-hybridized carbons (Fsp3) is 0.154. The van der Waals surface area contributed by atoms with Crippen molar-refractivity contribution in [2.75, 3.05) is 0 Å². The van der Waals surface area contributed by atoms with Crippen LogP contribution in [0.1, 0.15) is 12.5 Å². The number of rotatable bonds is 2. The van der Waals surface area contributed by atoms with E-state index in [-0.39, 0.29) is 5.91 Å². The van der Waals surface area contributed by atoms with Crippen LogP contribution in [0.2, 0.25) is 0 Å². The predicted molar refractivity (Wildman–Crippen MR) is 64.0 cm³/mol. The van der Waals surface area contributed by atoms with Crippen LogP contribution in [-0.4, -0.2) is 15.5 Å². The molecule has 2 rings (SSSR count). The first-order valence-electron chi connectivity index (χ1n) is 5.46. The molecule has 0 bridgehead atoms. The SMILES string of the molecule is CC(=O)N=c1ccccn1Cc1ccc(F)nc1. The number of aromatic nitrogens is 2. The van der Waals surface area contributed by atoms with Crippen molar-refractivity contribution in [1.29, 1.82) is 0 Å². The Morgan fingerprint density at radius 1 is 1.39 bits per heavy atom. The average molecular weight is 245 g/mol. The van der Waals surface area contributed by atoms with Crippen LogP contribution in [0.25, 0.3) is 0 Å². The largest absolute Gasteiger partial charge is 0.328 e. The Bertz CT molecular complexity index is 617. The summed E-state index contributed by atoms with van der Waals surface area (Å²) in [4.78, 5) is 18.5. The zero-order chi connectivity index (χ0) is 13.0. The highest BCUT2D eigenvalue weighted by atomic mass is 19.1. The van der Waals surface area contributed by atoms with Crippen molar-refractivity contribution in [3.63, 3.8) is 0 Å². The van der Waals surface area contributed by atoms with Gasteiger partial charge in [0, 0.05) is 19.3 Å². The van der Waals surface area contributed by atoms with E-state index in [1.165, 1.54) is 19.2 Å². The van der Waals surface area contributed by atoms with Gasteiger partial charge >= 0.3 is 0 Å². The van der Waals surface area contributed by atoms with Crippen molar-refractivity contribution in [3.8, 4) is 0 Å². The van der Waals surface area contributed by atoms with Gasteiger partial charge in [-0.05, 0) is 23.8 Å². The van der Waals surface area contributed by atoms with Crippen LogP contribution in [0.15, 0.2) is 47.7 Å². The topological polar surface area (TPSA) is 47.2 Å². The van der Waals surface area contributed by atoms with E-state index in [2.05, 4.69) is 9.98 Å². The molecule has 0 atom stereocenters. The van der Waals surface area contributed by atoms with Crippen LogP contribution in [0, 0.1) is 5.95 Å². The molecule has 0 unspecified atom stereocenters. The van der Waals surface area contributed by atoms with E-state index in [1.807, 2.05) is 12.3 Å². The minimum atomic E-state index is -0.509. The average Bonchev–Trinajstić information content (AvgIpc) is 2.34. The van der Waals surface area contributed by atoms with E-state index in [4.69, 9.17) is 0 Å². The molecular formula is C13H12FN3O. The first-order valence-corrected chi connectivity index (χ1v) is 5.46. The quantitative estimate of drug-likeness (QED) is 0.753. The number of carbonyl (C=O) groups excluding carboxylic acids is 1. The normalized spacial score (nSPS) is 11.6. The molecule has 92 valence electrons. The summed E-state index contributed by atoms with van der Waals surface area (Å²) in [6.07, 6.45) is 3.28. The molecule has 1 amide bonds. The third kappa shape index (κ3) is 3.10. The monoisotopic (exact) mass is 245 g/mol. The summed E-state index contributed by atoms with van der Waals surface area (Å²) < 4.78 is 14.5. The molecule has 2 aromatic heterocycles. The lowest BCUT2D eigenvalue weighted by atomic mass is 10.3. The molecule has 2 aromatic rings. The lowest BCUT2D eigenvalue weighted by Crippen LogP contribution is -2.21. The highest BCUT2D eigenvalue weighted by Gasteiger charge is 1.98. The highest BCUT2D eigenvalue weighted by Crippen LogP contribution is 2.00. The number of carbonyl (C=O) groups is 1. The Labute approximate surface area is 103 Å². The van der Waals surface area contributed by atoms with E-state index in [1.54, 1.807) is 22.8 Å². The van der Waals surface area contributed by atoms with Gasteiger partial charge in [0.05, 0.1) is 6.54 Å². The van der Waals surface area contributed by atoms with Crippen molar-refractivity contribution in [2.24, 2.45) is 4.99 Å². The van der Waals surface area contributed by atoms with E-state index >= 15 is 0 Å². The van der Waals surface area contributed by atoms with E-state index in [0.717, 1.165) is 5.56 Å². The Morgan fingerprint density at radius 2 is 2.22 bits per heavy atom. The minimum Gasteiger partial charge on any atom is -0.328 e. The number of hydrogen-bond acceptors (Lipinski definition) is 2. The number of hydrogen-bond donors (Lipinski definition) is 0. The third-order valence-corrected chi connectivity index (χ3v) is 2.33. The number of nitrogens with zero attached hydrogens (tertiary/aromatic N) is 3. The maximum Gasteiger partial charge on any atom is 0.244 e. The van der Waals surface area contributed by atoms with Gasteiger partial charge < -0.3 is 4.57 Å². The lowest BCUT2D eigenvalue weighted by molar-refractivity contribution is -0.116. The van der Waals surface area contributed by atoms with Gasteiger partial charge in [-0.3, -0.25) is 4.79 Å². The molecule has 0 aliphatic heterocycles. The first-order chi connectivity index (χ1) is 8.65. The zero-order valence-electron chi connectivity index (χ0n) is 9.88. The molecule has 0 radical (unpaired) electrons. The van der Waals surface area contributed by atoms with Crippen molar-refractivity contribution in [3.05, 3.63) is 59.7 Å². The summed E-state index contributed by atoms with van der Waals surface area (Å²) in [6, 6.07) is 8.36. The van der Waals surface area contributed by atoms with Crippen LogP contribution in [0.4, 0.5) is 4.39 Å². The Hall–Kier alpha value is -2.30. The van der Waals surface area contributed by atoms with Crippen molar-refractivity contribution in [1.82, 2.24) is 9.55 Å². The highest BCUT2D eigenvalue weighted by molar-refractivity contribution is 5.73. The standard InChI is InChI=1S/C13H12FN3O/c1-10(18)16-13-4-2-3-7-17(13)9-11-5-6-12(14)15-8-11/h2-8H,9H2,1H3. The van der Waals surface area contributed by atoms with E-state index in [9.17, 15) is 9.18 Å². The number of pyridine rings is 2. The molecule has 0 saturated carbocycles. The van der Waals surface area contributed by atoms with Gasteiger partial charge in [-0.15, -0.1) is 0 Å². The third-order valence-electron chi connectivity index (χ3n) is 2.33. The van der Waals surface area contributed by atoms with Crippen LogP contribution in [0.5, 0.6) is 0 Å². The zero-order valence-corrected chi connectivity index (χ0v) is 9.88. The molecule has 0 aliphatic carbocycles. The fourth-order valence-corrected chi connectivity index (χ4v) is 1.56. The van der Waals surface area contributed by atoms with Crippen molar-refractivity contribution < 1.29 is 9.18 Å². The minimum absolute atomic E-state index is 0.257. The molecule has 2 heterocycles. The summed E-state index contributed by atoms with van der Waals surface area (Å²) in [5.41, 5.74) is 1.40. The van der Waals surface area contributed by atoms with Crippen molar-refractivity contribution in [2.45, 2.75) is 13.5 Å². The maximum atomic E-state index is 12.7. The van der Waals surface area contributed by atoms with E-state index in [0.29, 0.717) is 12.0 Å². The second-order valence-corrected chi connectivity index (χ2v) is 3.81. The van der Waals surface area contributed by atoms with Crippen LogP contribution >= 0.6 is 0 Å². The second-order valence-electron chi connectivity index (χ2n) is 3.81. The van der Waals surface area contributed by atoms with Gasteiger partial charge in [0.15, 0.2) is 0 Å². The van der Waals surface area contributed by atoms with Crippen LogP contribution in [-0.2, 0) is 11.3 Å². The van der Waals surface area contributed by atoms with Gasteiger partial charge in [0.25, 0.3) is 0 Å². The Kier molecular flexibility index (Phi) is 3.62. The lowest BCUT2D eigenvalue weighted by Gasteiger charge is -2.06. The summed E-state index contributed by atoms with van der Waals surface area (Å²) in [5.74, 6) is -0.766. The summed E-state index contributed by atoms with van der Waals surface area (Å²) in [7, 11) is 0. The molecular weight excluding hydrogens is 233 g/mol. The molecule has 0 N–H and O–H groups in total. The smallest absolute Gasteiger partial charge is 0.244 e. The maximum absolute atomic E-state index is 12.7. The van der Waals surface area contributed by atoms with Crippen LogP contribution < -0.4 is 5.49 Å². The molecule has 0 spiro atoms. The van der Waals surface area contributed by atoms with Crippen molar-refractivity contribution >= 4 is 5.91 Å². The molecule has 4 nitrogen and oxygen atoms in total. The van der Waals surface area contributed by atoms with Gasteiger partial charge in [-0.25, -0.2) is 4.98 Å². The van der Waals surface area contributed by atoms with Crippen LogP contribution in [0.3, 0.4) is 0 Å². The summed E-state index contributed by atoms with van der Waals surface area (Å²) in [5, 5.41) is 0. The molecule has 0 aromatic carbocycles. The van der Waals surface area contributed by atoms with Gasteiger partial charge in [0.1, 0.15) is 5.49 Å². The molecule has 0 saturated heterocycles. The predicted octanol–water partition coefficient (Wildman–Crippen LogP) is 1.52. The molecule has 0 fully saturated rings. The summed E-state index contributed by atoms with van der Waals surface area (Å²) >= 11 is 0. The summed E-state index contributed by atoms with van der Waals surface area (Å²) in [6.45, 7) is 1.89. The van der Waals surface area contributed by atoms with Gasteiger partial charge in [0.2, 0.25) is 11.9 Å². The number of halogens is 1. The Morgan fingerprint density at radius 3 is 2.89 bits per heavy atom. The molecule has 0 aliphatic rings. The van der Waals surface area contributed by atoms with Gasteiger partial charge in [-0.1, -0.05) is 12.1 Å². The Balaban J connectivity index is 2.35. The first kappa shape index (κ1) is 12.2. The van der Waals surface area contributed by atoms with E-state index < -0.39 is 5.95 Å². The fourth-order valence-electron chi connectivity index (χ4n) is 1.56. The molecule has 18 heavy (non-hydrogen) atoms. The van der Waals surface area contributed by atoms with Gasteiger partial charge in [-0.2, -0.15) is 9.38 Å².